The molecule has 0 unspecified atom stereocenters. The van der Waals surface area contributed by atoms with Crippen molar-refractivity contribution < 1.29 is 18.1 Å². The molecular weight excluding hydrogens is 437 g/mol. The maximum atomic E-state index is 12.8. The number of nitro groups is 1. The van der Waals surface area contributed by atoms with E-state index in [-0.39, 0.29) is 22.5 Å². The molecule has 2 heterocycles. The number of anilines is 4. The summed E-state index contributed by atoms with van der Waals surface area (Å²) in [6.07, 6.45) is -2.99. The summed E-state index contributed by atoms with van der Waals surface area (Å²) < 4.78 is 38.4. The minimum atomic E-state index is -4.63. The number of nitrogens with zero attached hydrogens (tertiary/aromatic N) is 4. The van der Waals surface area contributed by atoms with Crippen LogP contribution in [-0.2, 0) is 6.18 Å². The van der Waals surface area contributed by atoms with Gasteiger partial charge in [-0.1, -0.05) is 37.6 Å². The zero-order valence-electron chi connectivity index (χ0n) is 16.2. The predicted octanol–water partition coefficient (Wildman–Crippen LogP) is 6.06. The Morgan fingerprint density at radius 3 is 2.16 bits per heavy atom. The first-order valence-electron chi connectivity index (χ1n) is 8.92. The van der Waals surface area contributed by atoms with Crippen LogP contribution >= 0.6 is 11.6 Å². The first-order chi connectivity index (χ1) is 14.6. The molecule has 162 valence electrons. The van der Waals surface area contributed by atoms with Crippen LogP contribution in [0.3, 0.4) is 0 Å². The lowest BCUT2D eigenvalue weighted by Crippen LogP contribution is -2.08. The van der Waals surface area contributed by atoms with E-state index >= 15 is 0 Å². The monoisotopic (exact) mass is 452 g/mol. The number of halogens is 4. The van der Waals surface area contributed by atoms with Gasteiger partial charge in [-0.05, 0) is 29.7 Å². The third-order valence-electron chi connectivity index (χ3n) is 4.25. The Hall–Kier alpha value is -3.47. The summed E-state index contributed by atoms with van der Waals surface area (Å²) in [5.74, 6) is -0.291. The Kier molecular flexibility index (Phi) is 6.25. The zero-order chi connectivity index (χ0) is 22.8. The average molecular weight is 453 g/mol. The topological polar surface area (TPSA) is 106 Å². The molecule has 0 saturated heterocycles. The van der Waals surface area contributed by atoms with E-state index in [1.165, 1.54) is 0 Å². The Morgan fingerprint density at radius 2 is 1.65 bits per heavy atom. The number of rotatable bonds is 6. The van der Waals surface area contributed by atoms with Gasteiger partial charge < -0.3 is 10.6 Å². The molecule has 0 amide bonds. The van der Waals surface area contributed by atoms with Crippen molar-refractivity contribution in [3.8, 4) is 0 Å². The lowest BCUT2D eigenvalue weighted by atomic mass is 10.0. The molecule has 0 radical (unpaired) electrons. The number of nitrogens with one attached hydrogen (secondary N) is 2. The Labute approximate surface area is 179 Å². The van der Waals surface area contributed by atoms with Crippen LogP contribution in [0.5, 0.6) is 0 Å². The summed E-state index contributed by atoms with van der Waals surface area (Å²) in [4.78, 5) is 22.3. The van der Waals surface area contributed by atoms with Crippen molar-refractivity contribution in [2.75, 3.05) is 10.6 Å². The molecule has 3 aromatic rings. The van der Waals surface area contributed by atoms with Crippen molar-refractivity contribution in [1.82, 2.24) is 15.0 Å². The highest BCUT2D eigenvalue weighted by atomic mass is 35.5. The molecule has 1 aromatic carbocycles. The molecule has 0 bridgehead atoms. The Bertz CT molecular complexity index is 1110. The SMILES string of the molecule is CC(C)c1ccc(Nc2ncnc(Nc3ncc(C(F)(F)F)cc3Cl)c2[N+](=O)[O-])cc1. The second-order valence-corrected chi connectivity index (χ2v) is 7.16. The van der Waals surface area contributed by atoms with E-state index in [0.29, 0.717) is 23.9 Å². The summed E-state index contributed by atoms with van der Waals surface area (Å²) in [5, 5.41) is 16.7. The number of benzene rings is 1. The van der Waals surface area contributed by atoms with E-state index in [0.717, 1.165) is 11.9 Å². The second-order valence-electron chi connectivity index (χ2n) is 6.76. The van der Waals surface area contributed by atoms with Gasteiger partial charge in [-0.25, -0.2) is 15.0 Å². The van der Waals surface area contributed by atoms with E-state index < -0.39 is 22.4 Å². The van der Waals surface area contributed by atoms with Crippen LogP contribution in [0, 0.1) is 10.1 Å². The van der Waals surface area contributed by atoms with Gasteiger partial charge in [0.2, 0.25) is 11.6 Å². The first kappa shape index (κ1) is 22.2. The van der Waals surface area contributed by atoms with E-state index in [1.54, 1.807) is 12.1 Å². The van der Waals surface area contributed by atoms with Gasteiger partial charge in [-0.15, -0.1) is 0 Å². The molecule has 2 N–H and O–H groups in total. The zero-order valence-corrected chi connectivity index (χ0v) is 17.0. The third-order valence-corrected chi connectivity index (χ3v) is 4.54. The maximum Gasteiger partial charge on any atom is 0.417 e. The molecule has 0 saturated carbocycles. The van der Waals surface area contributed by atoms with E-state index in [1.807, 2.05) is 26.0 Å². The van der Waals surface area contributed by atoms with Crippen molar-refractivity contribution in [1.29, 1.82) is 0 Å². The normalized spacial score (nSPS) is 11.5. The summed E-state index contributed by atoms with van der Waals surface area (Å²) >= 11 is 5.87. The second kappa shape index (κ2) is 8.72. The van der Waals surface area contributed by atoms with Crippen LogP contribution in [0.1, 0.15) is 30.9 Å². The summed E-state index contributed by atoms with van der Waals surface area (Å²) in [6, 6.07) is 7.93. The molecule has 0 aliphatic heterocycles. The lowest BCUT2D eigenvalue weighted by Gasteiger charge is -2.12. The minimum Gasteiger partial charge on any atom is -0.334 e. The van der Waals surface area contributed by atoms with E-state index in [4.69, 9.17) is 11.6 Å². The number of hydrogen-bond acceptors (Lipinski definition) is 7. The summed E-state index contributed by atoms with van der Waals surface area (Å²) in [7, 11) is 0. The van der Waals surface area contributed by atoms with Crippen molar-refractivity contribution in [3.63, 3.8) is 0 Å². The largest absolute Gasteiger partial charge is 0.417 e. The average Bonchev–Trinajstić information content (AvgIpc) is 2.69. The Morgan fingerprint density at radius 1 is 1.03 bits per heavy atom. The molecular formula is C19H16ClF3N6O2. The van der Waals surface area contributed by atoms with Gasteiger partial charge in [-0.3, -0.25) is 10.1 Å². The van der Waals surface area contributed by atoms with Crippen molar-refractivity contribution >= 4 is 40.4 Å². The van der Waals surface area contributed by atoms with Gasteiger partial charge in [0.25, 0.3) is 0 Å². The molecule has 8 nitrogen and oxygen atoms in total. The number of aromatic nitrogens is 3. The van der Waals surface area contributed by atoms with E-state index in [9.17, 15) is 23.3 Å². The molecule has 0 fully saturated rings. The number of hydrogen-bond donors (Lipinski definition) is 2. The van der Waals surface area contributed by atoms with Crippen LogP contribution in [-0.4, -0.2) is 19.9 Å². The molecule has 12 heteroatoms. The van der Waals surface area contributed by atoms with Gasteiger partial charge in [0.15, 0.2) is 5.82 Å². The quantitative estimate of drug-likeness (QED) is 0.345. The van der Waals surface area contributed by atoms with Crippen LogP contribution in [0.2, 0.25) is 5.02 Å². The summed E-state index contributed by atoms with van der Waals surface area (Å²) in [6.45, 7) is 4.08. The number of pyridine rings is 1. The standard InChI is InChI=1S/C19H16ClF3N6O2/c1-10(2)11-3-5-13(6-4-11)27-17-15(29(30)31)18(26-9-25-17)28-16-14(20)7-12(8-24-16)19(21,22)23/h3-10H,1-2H3,(H2,24,25,26,27,28). The lowest BCUT2D eigenvalue weighted by molar-refractivity contribution is -0.383. The minimum absolute atomic E-state index is 0.108. The van der Waals surface area contributed by atoms with Crippen LogP contribution in [0.4, 0.5) is 42.0 Å². The fourth-order valence-electron chi connectivity index (χ4n) is 2.62. The van der Waals surface area contributed by atoms with Crippen LogP contribution in [0.15, 0.2) is 42.9 Å². The fraction of sp³-hybridized carbons (Fsp3) is 0.211. The van der Waals surface area contributed by atoms with E-state index in [2.05, 4.69) is 25.6 Å². The first-order valence-corrected chi connectivity index (χ1v) is 9.30. The molecule has 0 spiro atoms. The maximum absolute atomic E-state index is 12.8. The Balaban J connectivity index is 1.93. The van der Waals surface area contributed by atoms with Crippen LogP contribution < -0.4 is 10.6 Å². The highest BCUT2D eigenvalue weighted by molar-refractivity contribution is 6.33. The van der Waals surface area contributed by atoms with Gasteiger partial charge in [0, 0.05) is 11.9 Å². The molecule has 3 rings (SSSR count). The third kappa shape index (κ3) is 5.18. The van der Waals surface area contributed by atoms with Crippen molar-refractivity contribution in [2.24, 2.45) is 0 Å². The van der Waals surface area contributed by atoms with Crippen molar-refractivity contribution in [3.05, 3.63) is 69.1 Å². The highest BCUT2D eigenvalue weighted by Crippen LogP contribution is 2.36. The summed E-state index contributed by atoms with van der Waals surface area (Å²) in [5.41, 5.74) is 0.0802. The number of alkyl halides is 3. The molecule has 0 aliphatic rings. The molecule has 2 aromatic heterocycles. The predicted molar refractivity (Wildman–Crippen MR) is 110 cm³/mol. The van der Waals surface area contributed by atoms with Crippen LogP contribution in [0.25, 0.3) is 0 Å². The van der Waals surface area contributed by atoms with Gasteiger partial charge in [0.1, 0.15) is 6.33 Å². The molecule has 31 heavy (non-hydrogen) atoms. The van der Waals surface area contributed by atoms with Gasteiger partial charge >= 0.3 is 11.9 Å². The fourth-order valence-corrected chi connectivity index (χ4v) is 2.83. The van der Waals surface area contributed by atoms with Gasteiger partial charge in [0.05, 0.1) is 15.5 Å². The van der Waals surface area contributed by atoms with Crippen molar-refractivity contribution in [2.45, 2.75) is 25.9 Å². The van der Waals surface area contributed by atoms with Gasteiger partial charge in [-0.2, -0.15) is 13.2 Å². The smallest absolute Gasteiger partial charge is 0.334 e. The molecule has 0 atom stereocenters. The molecule has 0 aliphatic carbocycles. The highest BCUT2D eigenvalue weighted by Gasteiger charge is 2.32.